The van der Waals surface area contributed by atoms with Gasteiger partial charge in [0.1, 0.15) is 0 Å². The molecule has 6 heteroatoms. The zero-order chi connectivity index (χ0) is 14.1. The number of hydrogen-bond acceptors (Lipinski definition) is 3. The molecule has 1 aromatic carbocycles. The Balaban J connectivity index is 1.66. The average Bonchev–Trinajstić information content (AvgIpc) is 3.23. The zero-order valence-corrected chi connectivity index (χ0v) is 10.4. The number of anilines is 1. The predicted molar refractivity (Wildman–Crippen MR) is 67.9 cm³/mol. The fraction of sp³-hybridized carbons (Fsp3) is 0.214. The van der Waals surface area contributed by atoms with Crippen molar-refractivity contribution in [1.29, 1.82) is 0 Å². The van der Waals surface area contributed by atoms with E-state index in [1.807, 2.05) is 0 Å². The maximum Gasteiger partial charge on any atom is 0.229 e. The molecule has 0 bridgehead atoms. The monoisotopic (exact) mass is 275 g/mol. The summed E-state index contributed by atoms with van der Waals surface area (Å²) in [6.07, 6.45) is 5.07. The van der Waals surface area contributed by atoms with Gasteiger partial charge in [-0.1, -0.05) is 6.07 Å². The van der Waals surface area contributed by atoms with Crippen molar-refractivity contribution in [2.24, 2.45) is 5.92 Å². The van der Waals surface area contributed by atoms with Crippen LogP contribution in [0.3, 0.4) is 0 Å². The van der Waals surface area contributed by atoms with Crippen LogP contribution >= 0.6 is 0 Å². The first-order valence-electron chi connectivity index (χ1n) is 6.17. The number of hydrogen-bond donors (Lipinski definition) is 1. The summed E-state index contributed by atoms with van der Waals surface area (Å²) in [6.45, 7) is 0. The van der Waals surface area contributed by atoms with E-state index in [0.717, 1.165) is 12.1 Å². The van der Waals surface area contributed by atoms with E-state index in [2.05, 4.69) is 15.3 Å². The van der Waals surface area contributed by atoms with Crippen LogP contribution in [0.15, 0.2) is 36.8 Å². The van der Waals surface area contributed by atoms with Crippen molar-refractivity contribution >= 4 is 11.7 Å². The van der Waals surface area contributed by atoms with Crippen molar-refractivity contribution in [2.45, 2.75) is 12.3 Å². The van der Waals surface area contributed by atoms with Gasteiger partial charge in [-0.05, 0) is 30.0 Å². The molecule has 1 heterocycles. The second kappa shape index (κ2) is 4.96. The standard InChI is InChI=1S/C14H11F2N3O/c15-11-2-1-8(5-12(11)16)9-6-10(9)14(20)19-13-7-17-3-4-18-13/h1-5,7,9-10H,6H2,(H,18,19,20)/t9-,10+/m0/s1. The van der Waals surface area contributed by atoms with Crippen molar-refractivity contribution in [3.63, 3.8) is 0 Å². The molecular weight excluding hydrogens is 264 g/mol. The first-order valence-corrected chi connectivity index (χ1v) is 6.17. The molecule has 1 saturated carbocycles. The summed E-state index contributed by atoms with van der Waals surface area (Å²) in [6, 6.07) is 3.74. The molecule has 4 nitrogen and oxygen atoms in total. The second-order valence-electron chi connectivity index (χ2n) is 4.70. The third-order valence-corrected chi connectivity index (χ3v) is 3.31. The van der Waals surface area contributed by atoms with E-state index < -0.39 is 11.6 Å². The molecule has 1 fully saturated rings. The Labute approximate surface area is 113 Å². The molecular formula is C14H11F2N3O. The van der Waals surface area contributed by atoms with Gasteiger partial charge in [0.2, 0.25) is 5.91 Å². The highest BCUT2D eigenvalue weighted by Crippen LogP contribution is 2.48. The average molecular weight is 275 g/mol. The van der Waals surface area contributed by atoms with Crippen LogP contribution in [-0.2, 0) is 4.79 Å². The third kappa shape index (κ3) is 2.49. The molecule has 1 aromatic heterocycles. The van der Waals surface area contributed by atoms with Crippen LogP contribution in [0.4, 0.5) is 14.6 Å². The van der Waals surface area contributed by atoms with Crippen LogP contribution in [0.2, 0.25) is 0 Å². The van der Waals surface area contributed by atoms with Crippen molar-refractivity contribution in [2.75, 3.05) is 5.32 Å². The number of nitrogens with zero attached hydrogens (tertiary/aromatic N) is 2. The Hall–Kier alpha value is -2.37. The van der Waals surface area contributed by atoms with Crippen LogP contribution in [0.5, 0.6) is 0 Å². The van der Waals surface area contributed by atoms with Crippen molar-refractivity contribution in [3.8, 4) is 0 Å². The van der Waals surface area contributed by atoms with E-state index in [4.69, 9.17) is 0 Å². The van der Waals surface area contributed by atoms with Crippen LogP contribution < -0.4 is 5.32 Å². The molecule has 20 heavy (non-hydrogen) atoms. The van der Waals surface area contributed by atoms with E-state index in [9.17, 15) is 13.6 Å². The molecule has 0 aliphatic heterocycles. The summed E-state index contributed by atoms with van der Waals surface area (Å²) in [7, 11) is 0. The Morgan fingerprint density at radius 3 is 2.80 bits per heavy atom. The van der Waals surface area contributed by atoms with Gasteiger partial charge in [-0.2, -0.15) is 0 Å². The number of amides is 1. The Morgan fingerprint density at radius 2 is 2.10 bits per heavy atom. The number of carbonyl (C=O) groups is 1. The SMILES string of the molecule is O=C(Nc1cnccn1)[C@@H]1C[C@H]1c1ccc(F)c(F)c1. The normalized spacial score (nSPS) is 20.5. The van der Waals surface area contributed by atoms with Crippen molar-refractivity contribution < 1.29 is 13.6 Å². The van der Waals surface area contributed by atoms with Crippen LogP contribution in [0, 0.1) is 17.6 Å². The topological polar surface area (TPSA) is 54.9 Å². The molecule has 0 spiro atoms. The lowest BCUT2D eigenvalue weighted by Gasteiger charge is -2.03. The summed E-state index contributed by atoms with van der Waals surface area (Å²) >= 11 is 0. The van der Waals surface area contributed by atoms with Gasteiger partial charge in [0.25, 0.3) is 0 Å². The minimum atomic E-state index is -0.887. The number of carbonyl (C=O) groups excluding carboxylic acids is 1. The second-order valence-corrected chi connectivity index (χ2v) is 4.70. The van der Waals surface area contributed by atoms with Crippen LogP contribution in [0.1, 0.15) is 17.9 Å². The van der Waals surface area contributed by atoms with Crippen LogP contribution in [-0.4, -0.2) is 15.9 Å². The number of aromatic nitrogens is 2. The first-order chi connectivity index (χ1) is 9.65. The molecule has 102 valence electrons. The first kappa shape index (κ1) is 12.7. The number of rotatable bonds is 3. The van der Waals surface area contributed by atoms with Crippen molar-refractivity contribution in [3.05, 3.63) is 54.0 Å². The fourth-order valence-electron chi connectivity index (χ4n) is 2.18. The van der Waals surface area contributed by atoms with Crippen molar-refractivity contribution in [1.82, 2.24) is 9.97 Å². The van der Waals surface area contributed by atoms with E-state index in [1.54, 1.807) is 0 Å². The van der Waals surface area contributed by atoms with Gasteiger partial charge in [0, 0.05) is 18.3 Å². The molecule has 1 aliphatic carbocycles. The lowest BCUT2D eigenvalue weighted by Crippen LogP contribution is -2.15. The third-order valence-electron chi connectivity index (χ3n) is 3.31. The molecule has 0 radical (unpaired) electrons. The van der Waals surface area contributed by atoms with Gasteiger partial charge >= 0.3 is 0 Å². The maximum absolute atomic E-state index is 13.1. The summed E-state index contributed by atoms with van der Waals surface area (Å²) in [4.78, 5) is 19.8. The van der Waals surface area contributed by atoms with Gasteiger partial charge < -0.3 is 5.32 Å². The molecule has 2 aromatic rings. The molecule has 0 saturated heterocycles. The molecule has 3 rings (SSSR count). The van der Waals surface area contributed by atoms with Gasteiger partial charge in [0.15, 0.2) is 17.5 Å². The molecule has 1 aliphatic rings. The van der Waals surface area contributed by atoms with E-state index in [-0.39, 0.29) is 17.7 Å². The Morgan fingerprint density at radius 1 is 1.25 bits per heavy atom. The summed E-state index contributed by atoms with van der Waals surface area (Å²) in [5.41, 5.74) is 0.642. The minimum Gasteiger partial charge on any atom is -0.309 e. The zero-order valence-electron chi connectivity index (χ0n) is 10.4. The number of halogens is 2. The molecule has 1 N–H and O–H groups in total. The number of nitrogens with one attached hydrogen (secondary N) is 1. The Kier molecular flexibility index (Phi) is 3.14. The highest BCUT2D eigenvalue weighted by molar-refractivity contribution is 5.94. The van der Waals surface area contributed by atoms with E-state index >= 15 is 0 Å². The predicted octanol–water partition coefficient (Wildman–Crippen LogP) is 2.50. The van der Waals surface area contributed by atoms with Gasteiger partial charge in [-0.3, -0.25) is 9.78 Å². The lowest BCUT2D eigenvalue weighted by atomic mass is 10.1. The van der Waals surface area contributed by atoms with E-state index in [1.165, 1.54) is 24.7 Å². The highest BCUT2D eigenvalue weighted by atomic mass is 19.2. The lowest BCUT2D eigenvalue weighted by molar-refractivity contribution is -0.117. The summed E-state index contributed by atoms with van der Waals surface area (Å²) in [5, 5.41) is 2.65. The number of benzene rings is 1. The quantitative estimate of drug-likeness (QED) is 0.936. The Bertz CT molecular complexity index is 648. The summed E-state index contributed by atoms with van der Waals surface area (Å²) < 4.78 is 26.0. The van der Waals surface area contributed by atoms with Gasteiger partial charge in [-0.25, -0.2) is 13.8 Å². The molecule has 2 atom stereocenters. The van der Waals surface area contributed by atoms with Crippen LogP contribution in [0.25, 0.3) is 0 Å². The highest BCUT2D eigenvalue weighted by Gasteiger charge is 2.44. The minimum absolute atomic E-state index is 0.0678. The smallest absolute Gasteiger partial charge is 0.229 e. The van der Waals surface area contributed by atoms with E-state index in [0.29, 0.717) is 17.8 Å². The molecule has 0 unspecified atom stereocenters. The summed E-state index contributed by atoms with van der Waals surface area (Å²) in [5.74, 6) is -1.87. The van der Waals surface area contributed by atoms with Gasteiger partial charge in [0.05, 0.1) is 6.20 Å². The largest absolute Gasteiger partial charge is 0.309 e. The fourth-order valence-corrected chi connectivity index (χ4v) is 2.18. The van der Waals surface area contributed by atoms with Gasteiger partial charge in [-0.15, -0.1) is 0 Å². The maximum atomic E-state index is 13.1. The molecule has 1 amide bonds.